The molecule has 4 aromatic rings. The highest BCUT2D eigenvalue weighted by atomic mass is 32.1. The van der Waals surface area contributed by atoms with Crippen LogP contribution < -0.4 is 11.1 Å². The van der Waals surface area contributed by atoms with Crippen LogP contribution in [0.15, 0.2) is 34.7 Å². The lowest BCUT2D eigenvalue weighted by atomic mass is 10.1. The van der Waals surface area contributed by atoms with Crippen LogP contribution in [0.1, 0.15) is 62.2 Å². The van der Waals surface area contributed by atoms with Crippen LogP contribution in [0.3, 0.4) is 0 Å². The Morgan fingerprint density at radius 3 is 2.61 bits per heavy atom. The molecule has 1 aliphatic heterocycles. The summed E-state index contributed by atoms with van der Waals surface area (Å²) < 4.78 is 33.1. The van der Waals surface area contributed by atoms with Gasteiger partial charge in [-0.2, -0.15) is 0 Å². The van der Waals surface area contributed by atoms with Gasteiger partial charge in [0, 0.05) is 20.7 Å². The number of furan rings is 1. The number of aromatic nitrogens is 1. The first kappa shape index (κ1) is 24.5. The first-order valence-electron chi connectivity index (χ1n) is 11.5. The maximum Gasteiger partial charge on any atom is 0.291 e. The molecule has 0 aliphatic carbocycles. The zero-order chi connectivity index (χ0) is 25.4. The number of thiophene rings is 2. The highest BCUT2D eigenvalue weighted by molar-refractivity contribution is 7.21. The number of carbonyl (C=O) groups is 2. The van der Waals surface area contributed by atoms with Crippen molar-refractivity contribution < 1.29 is 22.8 Å². The fourth-order valence-corrected chi connectivity index (χ4v) is 6.30. The second-order valence-corrected chi connectivity index (χ2v) is 11.0. The van der Waals surface area contributed by atoms with E-state index in [0.717, 1.165) is 42.1 Å². The first-order chi connectivity index (χ1) is 17.3. The van der Waals surface area contributed by atoms with Gasteiger partial charge < -0.3 is 15.5 Å². The molecule has 0 saturated carbocycles. The number of carbonyl (C=O) groups excluding carboxylic acids is 2. The lowest BCUT2D eigenvalue weighted by Crippen LogP contribution is -2.28. The summed E-state index contributed by atoms with van der Waals surface area (Å²) in [6, 6.07) is 8.34. The average molecular weight is 531 g/mol. The van der Waals surface area contributed by atoms with E-state index in [1.807, 2.05) is 19.1 Å². The molecule has 1 fully saturated rings. The molecule has 5 rings (SSSR count). The number of amides is 2. The fraction of sp³-hybridized carbons (Fsp3) is 0.320. The molecule has 1 aliphatic rings. The van der Waals surface area contributed by atoms with Crippen LogP contribution in [0.25, 0.3) is 20.7 Å². The third-order valence-electron chi connectivity index (χ3n) is 6.09. The molecular formula is C25H24F2N4O3S2. The number of nitrogens with two attached hydrogens (primary N) is 1. The molecule has 0 aromatic carbocycles. The Balaban J connectivity index is 1.53. The quantitative estimate of drug-likeness (QED) is 0.296. The molecule has 0 atom stereocenters. The van der Waals surface area contributed by atoms with Gasteiger partial charge in [-0.15, -0.1) is 22.7 Å². The molecule has 0 bridgehead atoms. The van der Waals surface area contributed by atoms with E-state index in [9.17, 15) is 18.4 Å². The van der Waals surface area contributed by atoms with Crippen molar-refractivity contribution in [1.29, 1.82) is 0 Å². The Morgan fingerprint density at radius 2 is 1.94 bits per heavy atom. The standard InChI is InChI=1S/C25H24F2N4O3S2/c1-13-5-8-18(35-13)15-11-16(22(26)27)29-25-19(15)20(21(36-25)23(28)32)30-24(33)17-7-6-14(34-17)12-31-9-3-2-4-10-31/h5-8,11,22H,2-4,9-10,12H2,1H3,(H2,28,32)(H,30,33). The van der Waals surface area contributed by atoms with Gasteiger partial charge in [-0.25, -0.2) is 13.8 Å². The number of piperidine rings is 1. The Morgan fingerprint density at radius 1 is 1.17 bits per heavy atom. The van der Waals surface area contributed by atoms with Crippen LogP contribution in [0.4, 0.5) is 14.5 Å². The topological polar surface area (TPSA) is 101 Å². The molecule has 1 saturated heterocycles. The monoisotopic (exact) mass is 530 g/mol. The molecule has 36 heavy (non-hydrogen) atoms. The maximum atomic E-state index is 13.6. The lowest BCUT2D eigenvalue weighted by molar-refractivity contribution is 0.0992. The highest BCUT2D eigenvalue weighted by Gasteiger charge is 2.26. The number of rotatable bonds is 7. The van der Waals surface area contributed by atoms with E-state index in [0.29, 0.717) is 28.1 Å². The van der Waals surface area contributed by atoms with Crippen LogP contribution in [-0.2, 0) is 6.54 Å². The van der Waals surface area contributed by atoms with Gasteiger partial charge in [0.05, 0.1) is 12.2 Å². The second-order valence-electron chi connectivity index (χ2n) is 8.71. The third kappa shape index (κ3) is 4.91. The predicted molar refractivity (Wildman–Crippen MR) is 137 cm³/mol. The summed E-state index contributed by atoms with van der Waals surface area (Å²) in [6.07, 6.45) is 0.707. The van der Waals surface area contributed by atoms with Crippen molar-refractivity contribution in [3.05, 3.63) is 57.3 Å². The molecule has 5 heterocycles. The molecule has 3 N–H and O–H groups in total. The van der Waals surface area contributed by atoms with Gasteiger partial charge in [0.2, 0.25) is 0 Å². The third-order valence-corrected chi connectivity index (χ3v) is 8.22. The van der Waals surface area contributed by atoms with Crippen molar-refractivity contribution >= 4 is 50.4 Å². The summed E-state index contributed by atoms with van der Waals surface area (Å²) in [6.45, 7) is 4.50. The second kappa shape index (κ2) is 10.1. The predicted octanol–water partition coefficient (Wildman–Crippen LogP) is 6.20. The Bertz CT molecular complexity index is 1440. The van der Waals surface area contributed by atoms with Gasteiger partial charge in [0.25, 0.3) is 18.2 Å². The molecule has 11 heteroatoms. The van der Waals surface area contributed by atoms with Gasteiger partial charge in [-0.05, 0) is 63.2 Å². The minimum atomic E-state index is -2.80. The summed E-state index contributed by atoms with van der Waals surface area (Å²) in [5.74, 6) is -0.591. The smallest absolute Gasteiger partial charge is 0.291 e. The van der Waals surface area contributed by atoms with Crippen molar-refractivity contribution in [2.45, 2.75) is 39.2 Å². The van der Waals surface area contributed by atoms with Gasteiger partial charge >= 0.3 is 0 Å². The van der Waals surface area contributed by atoms with E-state index in [-0.39, 0.29) is 21.2 Å². The number of fused-ring (bicyclic) bond motifs is 1. The zero-order valence-corrected chi connectivity index (χ0v) is 21.1. The summed E-state index contributed by atoms with van der Waals surface area (Å²) in [5.41, 5.74) is 5.80. The van der Waals surface area contributed by atoms with E-state index >= 15 is 0 Å². The van der Waals surface area contributed by atoms with Crippen LogP contribution in [0.2, 0.25) is 0 Å². The number of hydrogen-bond donors (Lipinski definition) is 2. The summed E-state index contributed by atoms with van der Waals surface area (Å²) in [4.78, 5) is 33.7. The largest absolute Gasteiger partial charge is 0.455 e. The number of nitrogens with zero attached hydrogens (tertiary/aromatic N) is 2. The number of alkyl halides is 2. The minimum Gasteiger partial charge on any atom is -0.455 e. The van der Waals surface area contributed by atoms with E-state index in [2.05, 4.69) is 15.2 Å². The SMILES string of the molecule is Cc1ccc(-c2cc(C(F)F)nc3sc(C(N)=O)c(NC(=O)c4ccc(CN5CCCCC5)o4)c23)s1. The average Bonchev–Trinajstić information content (AvgIpc) is 3.58. The van der Waals surface area contributed by atoms with E-state index in [1.165, 1.54) is 23.8 Å². The first-order valence-corrected chi connectivity index (χ1v) is 13.2. The summed E-state index contributed by atoms with van der Waals surface area (Å²) >= 11 is 2.30. The van der Waals surface area contributed by atoms with E-state index in [1.54, 1.807) is 12.1 Å². The molecule has 0 radical (unpaired) electrons. The summed E-state index contributed by atoms with van der Waals surface area (Å²) in [7, 11) is 0. The molecule has 0 unspecified atom stereocenters. The molecule has 7 nitrogen and oxygen atoms in total. The molecule has 4 aromatic heterocycles. The van der Waals surface area contributed by atoms with Gasteiger partial charge in [0.1, 0.15) is 21.2 Å². The number of aryl methyl sites for hydroxylation is 1. The van der Waals surface area contributed by atoms with Gasteiger partial charge in [-0.1, -0.05) is 6.42 Å². The number of likely N-dealkylation sites (tertiary alicyclic amines) is 1. The lowest BCUT2D eigenvalue weighted by Gasteiger charge is -2.25. The normalized spacial score (nSPS) is 14.6. The van der Waals surface area contributed by atoms with Crippen LogP contribution >= 0.6 is 22.7 Å². The Labute approximate surface area is 213 Å². The van der Waals surface area contributed by atoms with Crippen LogP contribution in [-0.4, -0.2) is 34.8 Å². The van der Waals surface area contributed by atoms with Crippen molar-refractivity contribution in [3.8, 4) is 10.4 Å². The van der Waals surface area contributed by atoms with Crippen molar-refractivity contribution in [3.63, 3.8) is 0 Å². The number of pyridine rings is 1. The highest BCUT2D eigenvalue weighted by Crippen LogP contribution is 2.44. The number of nitrogens with one attached hydrogen (secondary N) is 1. The minimum absolute atomic E-state index is 0.0342. The van der Waals surface area contributed by atoms with Crippen molar-refractivity contribution in [2.24, 2.45) is 5.73 Å². The molecule has 188 valence electrons. The van der Waals surface area contributed by atoms with Crippen molar-refractivity contribution in [1.82, 2.24) is 9.88 Å². The summed E-state index contributed by atoms with van der Waals surface area (Å²) in [5, 5.41) is 3.15. The van der Waals surface area contributed by atoms with E-state index in [4.69, 9.17) is 10.2 Å². The van der Waals surface area contributed by atoms with Crippen LogP contribution in [0.5, 0.6) is 0 Å². The van der Waals surface area contributed by atoms with E-state index < -0.39 is 23.9 Å². The molecule has 0 spiro atoms. The number of anilines is 1. The maximum absolute atomic E-state index is 13.6. The Hall–Kier alpha value is -3.15. The fourth-order valence-electron chi connectivity index (χ4n) is 4.39. The van der Waals surface area contributed by atoms with Gasteiger partial charge in [0.15, 0.2) is 5.76 Å². The number of hydrogen-bond acceptors (Lipinski definition) is 7. The van der Waals surface area contributed by atoms with Crippen molar-refractivity contribution in [2.75, 3.05) is 18.4 Å². The van der Waals surface area contributed by atoms with Crippen LogP contribution in [0, 0.1) is 6.92 Å². The number of halogens is 2. The zero-order valence-electron chi connectivity index (χ0n) is 19.5. The molecular weight excluding hydrogens is 506 g/mol. The van der Waals surface area contributed by atoms with Gasteiger partial charge in [-0.3, -0.25) is 14.5 Å². The number of primary amides is 1. The Kier molecular flexibility index (Phi) is 6.87. The molecule has 2 amide bonds.